The van der Waals surface area contributed by atoms with E-state index in [1.807, 2.05) is 0 Å². The van der Waals surface area contributed by atoms with Crippen LogP contribution in [0.15, 0.2) is 9.98 Å². The Balaban J connectivity index is 3.08. The van der Waals surface area contributed by atoms with Gasteiger partial charge in [0.25, 0.3) is 0 Å². The van der Waals surface area contributed by atoms with Crippen LogP contribution in [0.1, 0.15) is 0 Å². The van der Waals surface area contributed by atoms with E-state index in [-0.39, 0.29) is 0 Å². The highest BCUT2D eigenvalue weighted by molar-refractivity contribution is 5.59. The Morgan fingerprint density at radius 2 is 2.15 bits per heavy atom. The van der Waals surface area contributed by atoms with Crippen molar-refractivity contribution in [1.29, 1.82) is 0 Å². The Labute approximate surface area is 74.7 Å². The van der Waals surface area contributed by atoms with Crippen LogP contribution in [0.5, 0.6) is 0 Å². The van der Waals surface area contributed by atoms with Gasteiger partial charge in [-0.05, 0) is 0 Å². The molecule has 0 saturated carbocycles. The maximum atomic E-state index is 9.40. The average molecular weight is 187 g/mol. The van der Waals surface area contributed by atoms with E-state index in [1.54, 1.807) is 0 Å². The summed E-state index contributed by atoms with van der Waals surface area (Å²) < 4.78 is 0. The predicted octanol–water partition coefficient (Wildman–Crippen LogP) is -3.85. The number of hydrogen-bond acceptors (Lipinski definition) is 7. The first-order valence-corrected chi connectivity index (χ1v) is 3.53. The van der Waals surface area contributed by atoms with Crippen LogP contribution < -0.4 is 28.3 Å². The van der Waals surface area contributed by atoms with Crippen molar-refractivity contribution in [2.24, 2.45) is 32.9 Å². The number of rotatable bonds is 1. The van der Waals surface area contributed by atoms with Gasteiger partial charge in [-0.3, -0.25) is 17.2 Å². The van der Waals surface area contributed by atoms with Gasteiger partial charge in [-0.1, -0.05) is 0 Å². The predicted molar refractivity (Wildman–Crippen MR) is 48.3 cm³/mol. The third-order valence-electron chi connectivity index (χ3n) is 1.86. The van der Waals surface area contributed by atoms with Crippen LogP contribution in [0.25, 0.3) is 0 Å². The molecule has 10 N–H and O–H groups in total. The van der Waals surface area contributed by atoms with Crippen molar-refractivity contribution in [3.63, 3.8) is 0 Å². The second-order valence-electron chi connectivity index (χ2n) is 2.77. The normalized spacial score (nSPS) is 37.7. The van der Waals surface area contributed by atoms with Crippen LogP contribution in [0.4, 0.5) is 0 Å². The van der Waals surface area contributed by atoms with Crippen LogP contribution in [0, 0.1) is 0 Å². The number of nitrogens with one attached hydrogen (secondary N) is 1. The van der Waals surface area contributed by atoms with Gasteiger partial charge in [0.1, 0.15) is 0 Å². The molecule has 1 aliphatic heterocycles. The van der Waals surface area contributed by atoms with E-state index in [1.165, 1.54) is 6.34 Å². The van der Waals surface area contributed by atoms with E-state index in [9.17, 15) is 5.11 Å². The molecule has 1 rings (SSSR count). The van der Waals surface area contributed by atoms with Gasteiger partial charge in [0, 0.05) is 0 Å². The lowest BCUT2D eigenvalue weighted by molar-refractivity contribution is 0.0299. The molecule has 0 spiro atoms. The highest BCUT2D eigenvalue weighted by Crippen LogP contribution is 2.19. The quantitative estimate of drug-likeness (QED) is 0.140. The second kappa shape index (κ2) is 2.92. The molecule has 74 valence electrons. The molecule has 0 radical (unpaired) electrons. The van der Waals surface area contributed by atoms with E-state index in [0.29, 0.717) is 0 Å². The van der Waals surface area contributed by atoms with E-state index in [2.05, 4.69) is 15.3 Å². The molecule has 0 bridgehead atoms. The first-order valence-electron chi connectivity index (χ1n) is 3.53. The van der Waals surface area contributed by atoms with Gasteiger partial charge < -0.3 is 16.2 Å². The van der Waals surface area contributed by atoms with Crippen LogP contribution >= 0.6 is 0 Å². The van der Waals surface area contributed by atoms with Crippen LogP contribution in [0.3, 0.4) is 0 Å². The molecule has 1 heterocycles. The number of nitrogens with two attached hydrogens (primary N) is 4. The van der Waals surface area contributed by atoms with Crippen molar-refractivity contribution in [3.8, 4) is 0 Å². The molecule has 13 heavy (non-hydrogen) atoms. The van der Waals surface area contributed by atoms with Crippen LogP contribution in [-0.4, -0.2) is 35.5 Å². The average Bonchev–Trinajstić information content (AvgIpc) is 2.01. The van der Waals surface area contributed by atoms with E-state index >= 15 is 0 Å². The van der Waals surface area contributed by atoms with Gasteiger partial charge >= 0.3 is 0 Å². The fourth-order valence-electron chi connectivity index (χ4n) is 0.954. The van der Waals surface area contributed by atoms with Crippen molar-refractivity contribution < 1.29 is 5.11 Å². The lowest BCUT2D eigenvalue weighted by Gasteiger charge is -2.43. The van der Waals surface area contributed by atoms with Crippen molar-refractivity contribution in [1.82, 2.24) is 5.32 Å². The molecule has 0 aromatic carbocycles. The summed E-state index contributed by atoms with van der Waals surface area (Å²) in [4.78, 5) is 7.17. The summed E-state index contributed by atoms with van der Waals surface area (Å²) in [6.07, 6.45) is 0.755. The zero-order chi connectivity index (χ0) is 10.1. The van der Waals surface area contributed by atoms with E-state index in [0.717, 1.165) is 6.34 Å². The van der Waals surface area contributed by atoms with Gasteiger partial charge in [-0.25, -0.2) is 9.98 Å². The lowest BCUT2D eigenvalue weighted by Crippen LogP contribution is -2.82. The maximum Gasteiger partial charge on any atom is 0.206 e. The van der Waals surface area contributed by atoms with Gasteiger partial charge in [-0.15, -0.1) is 0 Å². The fraction of sp³-hybridized carbons (Fsp3) is 0.600. The minimum atomic E-state index is -1.67. The molecule has 8 nitrogen and oxygen atoms in total. The summed E-state index contributed by atoms with van der Waals surface area (Å²) in [5.41, 5.74) is 20.1. The SMILES string of the molecule is N/C=N/C1(N)C(O)N=CNC1(N)N. The van der Waals surface area contributed by atoms with Crippen molar-refractivity contribution in [3.05, 3.63) is 0 Å². The fourth-order valence-corrected chi connectivity index (χ4v) is 0.954. The Morgan fingerprint density at radius 3 is 2.62 bits per heavy atom. The summed E-state index contributed by atoms with van der Waals surface area (Å²) >= 11 is 0. The molecule has 8 heteroatoms. The molecule has 2 unspecified atom stereocenters. The minimum Gasteiger partial charge on any atom is -0.390 e. The van der Waals surface area contributed by atoms with Crippen molar-refractivity contribution >= 4 is 12.7 Å². The first kappa shape index (κ1) is 9.86. The maximum absolute atomic E-state index is 9.40. The number of nitrogens with zero attached hydrogens (tertiary/aromatic N) is 2. The second-order valence-corrected chi connectivity index (χ2v) is 2.77. The Bertz CT molecular complexity index is 249. The highest BCUT2D eigenvalue weighted by atomic mass is 16.3. The van der Waals surface area contributed by atoms with Gasteiger partial charge in [0.15, 0.2) is 12.0 Å². The van der Waals surface area contributed by atoms with Crippen LogP contribution in [-0.2, 0) is 0 Å². The third-order valence-corrected chi connectivity index (χ3v) is 1.86. The molecule has 0 aliphatic carbocycles. The number of hydrogen-bond donors (Lipinski definition) is 6. The minimum absolute atomic E-state index is 0.917. The number of aliphatic imine (C=N–C) groups is 2. The Morgan fingerprint density at radius 1 is 1.54 bits per heavy atom. The van der Waals surface area contributed by atoms with E-state index in [4.69, 9.17) is 22.9 Å². The smallest absolute Gasteiger partial charge is 0.206 e. The van der Waals surface area contributed by atoms with Gasteiger partial charge in [0.05, 0.1) is 12.7 Å². The summed E-state index contributed by atoms with van der Waals surface area (Å²) in [7, 11) is 0. The zero-order valence-corrected chi connectivity index (χ0v) is 6.88. The molecule has 0 aromatic heterocycles. The molecule has 2 atom stereocenters. The monoisotopic (exact) mass is 187 g/mol. The molecule has 0 aromatic rings. The Hall–Kier alpha value is -1.22. The van der Waals surface area contributed by atoms with Gasteiger partial charge in [-0.2, -0.15) is 0 Å². The lowest BCUT2D eigenvalue weighted by atomic mass is 10.0. The topological polar surface area (TPSA) is 161 Å². The largest absolute Gasteiger partial charge is 0.390 e. The number of aliphatic hydroxyl groups is 1. The summed E-state index contributed by atoms with van der Waals surface area (Å²) in [5.74, 6) is -1.59. The molecular formula is C5H13N7O. The van der Waals surface area contributed by atoms with E-state index < -0.39 is 17.7 Å². The first-order chi connectivity index (χ1) is 5.94. The van der Waals surface area contributed by atoms with Crippen molar-refractivity contribution in [2.75, 3.05) is 0 Å². The summed E-state index contributed by atoms with van der Waals surface area (Å²) in [6, 6.07) is 0. The standard InChI is InChI=1S/C5H13N7O/c6-1-11-4(7)3(13)10-2-12-5(4,8)9/h1-3,13H,7-9H2,(H2,6,11)(H,10,12). The van der Waals surface area contributed by atoms with Crippen molar-refractivity contribution in [2.45, 2.75) is 17.7 Å². The van der Waals surface area contributed by atoms with Gasteiger partial charge in [0.2, 0.25) is 5.66 Å². The molecular weight excluding hydrogens is 174 g/mol. The summed E-state index contributed by atoms with van der Waals surface area (Å²) in [6.45, 7) is 0. The molecule has 0 fully saturated rings. The molecule has 0 amide bonds. The molecule has 1 aliphatic rings. The number of aliphatic hydroxyl groups excluding tert-OH is 1. The van der Waals surface area contributed by atoms with Crippen LogP contribution in [0.2, 0.25) is 0 Å². The third kappa shape index (κ3) is 1.35. The Kier molecular flexibility index (Phi) is 2.22. The molecule has 0 saturated heterocycles. The summed E-state index contributed by atoms with van der Waals surface area (Å²) in [5, 5.41) is 11.9. The zero-order valence-electron chi connectivity index (χ0n) is 6.88. The highest BCUT2D eigenvalue weighted by Gasteiger charge is 2.51.